The van der Waals surface area contributed by atoms with Gasteiger partial charge in [0.15, 0.2) is 0 Å². The molecule has 18 heavy (non-hydrogen) atoms. The molecule has 0 saturated carbocycles. The maximum Gasteiger partial charge on any atom is 0.305 e. The molecule has 1 aromatic rings. The third-order valence-electron chi connectivity index (χ3n) is 2.85. The summed E-state index contributed by atoms with van der Waals surface area (Å²) in [4.78, 5) is 13.1. The van der Waals surface area contributed by atoms with Crippen molar-refractivity contribution in [2.75, 3.05) is 13.1 Å². The van der Waals surface area contributed by atoms with Gasteiger partial charge in [-0.1, -0.05) is 44.2 Å². The van der Waals surface area contributed by atoms with Crippen molar-refractivity contribution in [2.45, 2.75) is 31.4 Å². The van der Waals surface area contributed by atoms with E-state index in [1.54, 1.807) is 11.8 Å². The van der Waals surface area contributed by atoms with Crippen LogP contribution in [-0.4, -0.2) is 34.4 Å². The molecule has 1 rings (SSSR count). The van der Waals surface area contributed by atoms with Gasteiger partial charge in [-0.15, -0.1) is 11.8 Å². The Morgan fingerprint density at radius 2 is 1.89 bits per heavy atom. The van der Waals surface area contributed by atoms with Gasteiger partial charge in [-0.05, 0) is 18.7 Å². The van der Waals surface area contributed by atoms with Crippen molar-refractivity contribution in [1.82, 2.24) is 4.90 Å². The van der Waals surface area contributed by atoms with Crippen LogP contribution in [0, 0.1) is 0 Å². The van der Waals surface area contributed by atoms with Crippen LogP contribution in [0.2, 0.25) is 0 Å². The van der Waals surface area contributed by atoms with E-state index in [4.69, 9.17) is 5.11 Å². The molecule has 0 saturated heterocycles. The van der Waals surface area contributed by atoms with Gasteiger partial charge < -0.3 is 5.11 Å². The zero-order chi connectivity index (χ0) is 13.4. The second kappa shape index (κ2) is 8.16. The number of benzene rings is 1. The molecular weight excluding hydrogens is 246 g/mol. The van der Waals surface area contributed by atoms with Gasteiger partial charge in [0, 0.05) is 5.75 Å². The first-order valence-corrected chi connectivity index (χ1v) is 7.33. The second-order valence-corrected chi connectivity index (χ2v) is 5.24. The maximum absolute atomic E-state index is 10.9. The molecule has 0 radical (unpaired) electrons. The summed E-state index contributed by atoms with van der Waals surface area (Å²) in [5.41, 5.74) is 1.24. The second-order valence-electron chi connectivity index (χ2n) is 4.07. The van der Waals surface area contributed by atoms with Gasteiger partial charge in [-0.2, -0.15) is 0 Å². The number of hydrogen-bond donors (Lipinski definition) is 1. The third kappa shape index (κ3) is 5.10. The average Bonchev–Trinajstić information content (AvgIpc) is 2.38. The van der Waals surface area contributed by atoms with E-state index >= 15 is 0 Å². The van der Waals surface area contributed by atoms with Gasteiger partial charge in [0.1, 0.15) is 0 Å². The van der Waals surface area contributed by atoms with Crippen LogP contribution in [0.15, 0.2) is 30.3 Å². The topological polar surface area (TPSA) is 40.5 Å². The Balaban J connectivity index is 2.58. The first-order chi connectivity index (χ1) is 8.67. The lowest BCUT2D eigenvalue weighted by Gasteiger charge is -2.28. The number of carboxylic acids is 1. The Hall–Kier alpha value is -1.00. The molecular formula is C14H21NO2S. The summed E-state index contributed by atoms with van der Waals surface area (Å²) in [6, 6.07) is 10.2. The Bertz CT molecular complexity index is 352. The number of thioether (sulfide) groups is 1. The van der Waals surface area contributed by atoms with Crippen LogP contribution < -0.4 is 0 Å². The van der Waals surface area contributed by atoms with Crippen molar-refractivity contribution < 1.29 is 9.90 Å². The first kappa shape index (κ1) is 15.1. The van der Waals surface area contributed by atoms with Crippen molar-refractivity contribution in [3.63, 3.8) is 0 Å². The molecule has 100 valence electrons. The van der Waals surface area contributed by atoms with Crippen LogP contribution in [0.3, 0.4) is 0 Å². The maximum atomic E-state index is 10.9. The molecule has 0 fully saturated rings. The summed E-state index contributed by atoms with van der Waals surface area (Å²) in [5, 5.41) is 9.03. The summed E-state index contributed by atoms with van der Waals surface area (Å²) in [6.07, 6.45) is 0.194. The zero-order valence-corrected chi connectivity index (χ0v) is 11.8. The number of carboxylic acid groups (broad SMARTS) is 1. The number of hydrogen-bond acceptors (Lipinski definition) is 3. The lowest BCUT2D eigenvalue weighted by molar-refractivity contribution is -0.137. The minimum absolute atomic E-state index is 0.0534. The molecule has 3 nitrogen and oxygen atoms in total. The summed E-state index contributed by atoms with van der Waals surface area (Å²) in [5.74, 6) is 0.127. The van der Waals surface area contributed by atoms with E-state index in [2.05, 4.69) is 30.9 Å². The number of rotatable bonds is 8. The van der Waals surface area contributed by atoms with Crippen LogP contribution >= 0.6 is 11.8 Å². The van der Waals surface area contributed by atoms with Crippen molar-refractivity contribution in [3.05, 3.63) is 35.9 Å². The van der Waals surface area contributed by atoms with Crippen LogP contribution in [0.4, 0.5) is 0 Å². The van der Waals surface area contributed by atoms with E-state index in [0.717, 1.165) is 18.8 Å². The number of nitrogens with zero attached hydrogens (tertiary/aromatic N) is 1. The van der Waals surface area contributed by atoms with E-state index in [0.29, 0.717) is 0 Å². The summed E-state index contributed by atoms with van der Waals surface area (Å²) >= 11 is 1.71. The van der Waals surface area contributed by atoms with Crippen molar-refractivity contribution in [1.29, 1.82) is 0 Å². The van der Waals surface area contributed by atoms with Gasteiger partial charge in [-0.3, -0.25) is 9.69 Å². The zero-order valence-electron chi connectivity index (χ0n) is 11.0. The predicted molar refractivity (Wildman–Crippen MR) is 76.7 cm³/mol. The average molecular weight is 267 g/mol. The summed E-state index contributed by atoms with van der Waals surface area (Å²) < 4.78 is 0. The van der Waals surface area contributed by atoms with Gasteiger partial charge in [-0.25, -0.2) is 0 Å². The lowest BCUT2D eigenvalue weighted by atomic mass is 10.2. The van der Waals surface area contributed by atoms with E-state index in [1.165, 1.54) is 5.56 Å². The van der Waals surface area contributed by atoms with Crippen LogP contribution in [-0.2, 0) is 10.5 Å². The molecule has 0 bridgehead atoms. The summed E-state index contributed by atoms with van der Waals surface area (Å²) in [6.45, 7) is 5.91. The molecule has 1 unspecified atom stereocenters. The SMILES string of the molecule is CCN(CC)C(CC(=O)O)SCc1ccccc1. The molecule has 4 heteroatoms. The van der Waals surface area contributed by atoms with Gasteiger partial charge in [0.25, 0.3) is 0 Å². The smallest absolute Gasteiger partial charge is 0.305 e. The van der Waals surface area contributed by atoms with Crippen molar-refractivity contribution in [3.8, 4) is 0 Å². The normalized spacial score (nSPS) is 12.6. The van der Waals surface area contributed by atoms with Crippen molar-refractivity contribution >= 4 is 17.7 Å². The fraction of sp³-hybridized carbons (Fsp3) is 0.500. The Morgan fingerprint density at radius 3 is 2.39 bits per heavy atom. The lowest BCUT2D eigenvalue weighted by Crippen LogP contribution is -2.34. The molecule has 0 aliphatic heterocycles. The Kier molecular flexibility index (Phi) is 6.83. The molecule has 0 aliphatic carbocycles. The Labute approximate surface area is 113 Å². The molecule has 1 aromatic carbocycles. The molecule has 1 N–H and O–H groups in total. The fourth-order valence-electron chi connectivity index (χ4n) is 1.84. The van der Waals surface area contributed by atoms with Crippen molar-refractivity contribution in [2.24, 2.45) is 0 Å². The molecule has 1 atom stereocenters. The molecule has 0 aliphatic rings. The molecule has 0 heterocycles. The largest absolute Gasteiger partial charge is 0.481 e. The standard InChI is InChI=1S/C14H21NO2S/c1-3-15(4-2)13(10-14(16)17)18-11-12-8-6-5-7-9-12/h5-9,13H,3-4,10-11H2,1-2H3,(H,16,17). The first-order valence-electron chi connectivity index (χ1n) is 6.28. The highest BCUT2D eigenvalue weighted by Gasteiger charge is 2.19. The number of carbonyl (C=O) groups is 1. The molecule has 0 spiro atoms. The van der Waals surface area contributed by atoms with E-state index in [9.17, 15) is 4.79 Å². The predicted octanol–water partition coefficient (Wildman–Crippen LogP) is 3.06. The fourth-order valence-corrected chi connectivity index (χ4v) is 3.19. The third-order valence-corrected chi connectivity index (χ3v) is 4.20. The quantitative estimate of drug-likeness (QED) is 0.735. The highest BCUT2D eigenvalue weighted by molar-refractivity contribution is 7.99. The van der Waals surface area contributed by atoms with Crippen LogP contribution in [0.1, 0.15) is 25.8 Å². The van der Waals surface area contributed by atoms with Crippen LogP contribution in [0.5, 0.6) is 0 Å². The summed E-state index contributed by atoms with van der Waals surface area (Å²) in [7, 11) is 0. The van der Waals surface area contributed by atoms with Gasteiger partial charge in [0.2, 0.25) is 0 Å². The minimum atomic E-state index is -0.729. The van der Waals surface area contributed by atoms with E-state index in [1.807, 2.05) is 18.2 Å². The van der Waals surface area contributed by atoms with Gasteiger partial charge >= 0.3 is 5.97 Å². The van der Waals surface area contributed by atoms with E-state index in [-0.39, 0.29) is 11.8 Å². The molecule has 0 amide bonds. The molecule has 0 aromatic heterocycles. The Morgan fingerprint density at radius 1 is 1.28 bits per heavy atom. The van der Waals surface area contributed by atoms with E-state index < -0.39 is 5.97 Å². The monoisotopic (exact) mass is 267 g/mol. The van der Waals surface area contributed by atoms with Gasteiger partial charge in [0.05, 0.1) is 11.8 Å². The highest BCUT2D eigenvalue weighted by Crippen LogP contribution is 2.23. The number of aliphatic carboxylic acids is 1. The van der Waals surface area contributed by atoms with Crippen LogP contribution in [0.25, 0.3) is 0 Å². The highest BCUT2D eigenvalue weighted by atomic mass is 32.2. The minimum Gasteiger partial charge on any atom is -0.481 e.